The first-order valence-electron chi connectivity index (χ1n) is 6.63. The second-order valence-electron chi connectivity index (χ2n) is 4.76. The summed E-state index contributed by atoms with van der Waals surface area (Å²) in [4.78, 5) is 11.9. The molecule has 0 saturated carbocycles. The molecule has 2 N–H and O–H groups in total. The van der Waals surface area contributed by atoms with Crippen molar-refractivity contribution in [2.24, 2.45) is 0 Å². The normalized spacial score (nSPS) is 12.9. The van der Waals surface area contributed by atoms with Gasteiger partial charge in [-0.25, -0.2) is 0 Å². The van der Waals surface area contributed by atoms with Crippen LogP contribution < -0.4 is 26.9 Å². The van der Waals surface area contributed by atoms with Gasteiger partial charge in [0.05, 0.1) is 12.1 Å². The number of benzene rings is 1. The predicted octanol–water partition coefficient (Wildman–Crippen LogP) is -1.78. The van der Waals surface area contributed by atoms with Gasteiger partial charge in [0, 0.05) is 12.1 Å². The molecule has 0 bridgehead atoms. The number of hydrogen-bond donors (Lipinski definition) is 2. The maximum atomic E-state index is 11.9. The third-order valence-corrected chi connectivity index (χ3v) is 3.11. The number of carbonyl (C=O) groups is 1. The van der Waals surface area contributed by atoms with Crippen LogP contribution in [0.15, 0.2) is 60.9 Å². The highest BCUT2D eigenvalue weighted by atomic mass is 79.9. The fraction of sp³-hybridized carbons (Fsp3) is 0.250. The molecule has 2 atom stereocenters. The number of nitrogens with one attached hydrogen (secondary N) is 1. The Morgan fingerprint density at radius 2 is 1.71 bits per heavy atom. The van der Waals surface area contributed by atoms with E-state index in [4.69, 9.17) is 0 Å². The molecule has 1 heterocycles. The van der Waals surface area contributed by atoms with E-state index < -0.39 is 6.10 Å². The van der Waals surface area contributed by atoms with Crippen LogP contribution in [-0.4, -0.2) is 17.1 Å². The van der Waals surface area contributed by atoms with Crippen molar-refractivity contribution < 1.29 is 31.4 Å². The molecule has 5 heteroatoms. The molecule has 0 fully saturated rings. The van der Waals surface area contributed by atoms with Crippen LogP contribution in [0.1, 0.15) is 18.6 Å². The first-order valence-corrected chi connectivity index (χ1v) is 6.63. The van der Waals surface area contributed by atoms with Crippen molar-refractivity contribution in [3.05, 3.63) is 66.5 Å². The van der Waals surface area contributed by atoms with Gasteiger partial charge in [0.15, 0.2) is 12.4 Å². The van der Waals surface area contributed by atoms with Crippen molar-refractivity contribution in [2.45, 2.75) is 25.6 Å². The summed E-state index contributed by atoms with van der Waals surface area (Å²) in [6, 6.07) is 14.6. The summed E-state index contributed by atoms with van der Waals surface area (Å²) in [5.74, 6) is -0.122. The van der Waals surface area contributed by atoms with Crippen LogP contribution in [0, 0.1) is 0 Å². The van der Waals surface area contributed by atoms with Gasteiger partial charge in [0.2, 0.25) is 6.54 Å². The molecule has 0 unspecified atom stereocenters. The molecule has 21 heavy (non-hydrogen) atoms. The number of carbonyl (C=O) groups excluding carboxylic acids is 1. The molecule has 1 amide bonds. The molecule has 2 rings (SSSR count). The van der Waals surface area contributed by atoms with Gasteiger partial charge >= 0.3 is 0 Å². The summed E-state index contributed by atoms with van der Waals surface area (Å²) in [5, 5.41) is 13.0. The molecule has 0 radical (unpaired) electrons. The molecule has 4 nitrogen and oxygen atoms in total. The molecule has 0 aliphatic carbocycles. The molecular weight excluding hydrogens is 332 g/mol. The number of hydrogen-bond acceptors (Lipinski definition) is 2. The largest absolute Gasteiger partial charge is 1.00 e. The lowest BCUT2D eigenvalue weighted by atomic mass is 10.0. The van der Waals surface area contributed by atoms with Gasteiger partial charge in [-0.2, -0.15) is 4.57 Å². The van der Waals surface area contributed by atoms with E-state index in [2.05, 4.69) is 5.32 Å². The Morgan fingerprint density at radius 1 is 1.14 bits per heavy atom. The lowest BCUT2D eigenvalue weighted by Crippen LogP contribution is -3.00. The highest BCUT2D eigenvalue weighted by molar-refractivity contribution is 5.74. The standard InChI is InChI=1S/C16H18N2O2.BrH/c1-13(16(20)14-8-4-2-5-9-14)17-15(19)12-18-10-6-3-7-11-18;/h2-11,13,16,20H,12H2,1H3;1H/t13-,16-;/m0./s1. The van der Waals surface area contributed by atoms with Crippen molar-refractivity contribution in [3.8, 4) is 0 Å². The fourth-order valence-electron chi connectivity index (χ4n) is 2.02. The summed E-state index contributed by atoms with van der Waals surface area (Å²) < 4.78 is 1.79. The molecule has 0 aliphatic rings. The van der Waals surface area contributed by atoms with E-state index >= 15 is 0 Å². The Hall–Kier alpha value is -1.72. The number of nitrogens with zero attached hydrogens (tertiary/aromatic N) is 1. The van der Waals surface area contributed by atoms with E-state index in [0.29, 0.717) is 0 Å². The first-order chi connectivity index (χ1) is 9.66. The zero-order valence-electron chi connectivity index (χ0n) is 11.8. The van der Waals surface area contributed by atoms with Crippen molar-refractivity contribution in [1.82, 2.24) is 5.32 Å². The summed E-state index contributed by atoms with van der Waals surface area (Å²) >= 11 is 0. The Morgan fingerprint density at radius 3 is 2.33 bits per heavy atom. The van der Waals surface area contributed by atoms with E-state index in [9.17, 15) is 9.90 Å². The number of rotatable bonds is 5. The van der Waals surface area contributed by atoms with Gasteiger partial charge in [-0.15, -0.1) is 0 Å². The van der Waals surface area contributed by atoms with Gasteiger partial charge in [-0.3, -0.25) is 4.79 Å². The van der Waals surface area contributed by atoms with Gasteiger partial charge in [0.1, 0.15) is 0 Å². The van der Waals surface area contributed by atoms with E-state index in [-0.39, 0.29) is 35.5 Å². The number of amides is 1. The van der Waals surface area contributed by atoms with Crippen molar-refractivity contribution in [2.75, 3.05) is 0 Å². The molecule has 0 saturated heterocycles. The Balaban J connectivity index is 0.00000220. The van der Waals surface area contributed by atoms with Crippen LogP contribution in [0.4, 0.5) is 0 Å². The van der Waals surface area contributed by atoms with Crippen LogP contribution in [0.2, 0.25) is 0 Å². The van der Waals surface area contributed by atoms with E-state index in [0.717, 1.165) is 5.56 Å². The number of aliphatic hydroxyl groups is 1. The second kappa shape index (κ2) is 8.54. The zero-order chi connectivity index (χ0) is 14.4. The topological polar surface area (TPSA) is 53.2 Å². The van der Waals surface area contributed by atoms with Crippen molar-refractivity contribution in [3.63, 3.8) is 0 Å². The van der Waals surface area contributed by atoms with E-state index in [1.807, 2.05) is 60.9 Å². The first kappa shape index (κ1) is 17.3. The monoisotopic (exact) mass is 350 g/mol. The number of pyridine rings is 1. The Labute approximate surface area is 135 Å². The lowest BCUT2D eigenvalue weighted by molar-refractivity contribution is -0.684. The molecule has 2 aromatic rings. The highest BCUT2D eigenvalue weighted by Crippen LogP contribution is 2.15. The molecular formula is C16H19BrN2O2. The number of halogens is 1. The van der Waals surface area contributed by atoms with Gasteiger partial charge in [-0.1, -0.05) is 36.4 Å². The van der Waals surface area contributed by atoms with Crippen LogP contribution in [0.25, 0.3) is 0 Å². The van der Waals surface area contributed by atoms with E-state index in [1.54, 1.807) is 11.5 Å². The quantitative estimate of drug-likeness (QED) is 0.626. The van der Waals surface area contributed by atoms with Crippen LogP contribution in [0.3, 0.4) is 0 Å². The highest BCUT2D eigenvalue weighted by Gasteiger charge is 2.19. The summed E-state index contributed by atoms with van der Waals surface area (Å²) in [5.41, 5.74) is 0.799. The molecule has 1 aromatic carbocycles. The fourth-order valence-corrected chi connectivity index (χ4v) is 2.02. The summed E-state index contributed by atoms with van der Waals surface area (Å²) in [7, 11) is 0. The maximum Gasteiger partial charge on any atom is 0.286 e. The lowest BCUT2D eigenvalue weighted by Gasteiger charge is -2.19. The van der Waals surface area contributed by atoms with E-state index in [1.165, 1.54) is 0 Å². The van der Waals surface area contributed by atoms with Crippen LogP contribution in [0.5, 0.6) is 0 Å². The molecule has 112 valence electrons. The molecule has 0 aliphatic heterocycles. The maximum absolute atomic E-state index is 11.9. The minimum Gasteiger partial charge on any atom is -1.00 e. The predicted molar refractivity (Wildman–Crippen MR) is 75.6 cm³/mol. The molecule has 1 aromatic heterocycles. The van der Waals surface area contributed by atoms with Gasteiger partial charge in [-0.05, 0) is 12.5 Å². The Kier molecular flexibility index (Phi) is 7.05. The summed E-state index contributed by atoms with van der Waals surface area (Å²) in [6.45, 7) is 2.04. The molecule has 0 spiro atoms. The average Bonchev–Trinajstić information content (AvgIpc) is 2.48. The van der Waals surface area contributed by atoms with Gasteiger partial charge < -0.3 is 27.4 Å². The summed E-state index contributed by atoms with van der Waals surface area (Å²) in [6.07, 6.45) is 2.95. The third kappa shape index (κ3) is 5.28. The smallest absolute Gasteiger partial charge is 0.286 e. The minimum absolute atomic E-state index is 0. The second-order valence-corrected chi connectivity index (χ2v) is 4.76. The van der Waals surface area contributed by atoms with Crippen molar-refractivity contribution in [1.29, 1.82) is 0 Å². The zero-order valence-corrected chi connectivity index (χ0v) is 13.4. The van der Waals surface area contributed by atoms with Crippen LogP contribution in [-0.2, 0) is 11.3 Å². The third-order valence-electron chi connectivity index (χ3n) is 3.11. The number of aromatic nitrogens is 1. The minimum atomic E-state index is -0.707. The SMILES string of the molecule is C[C@H](NC(=O)C[n+]1ccccc1)[C@H](O)c1ccccc1.[Br-]. The van der Waals surface area contributed by atoms with Crippen molar-refractivity contribution >= 4 is 5.91 Å². The number of aliphatic hydroxyl groups excluding tert-OH is 1. The average molecular weight is 351 g/mol. The van der Waals surface area contributed by atoms with Crippen LogP contribution >= 0.6 is 0 Å². The van der Waals surface area contributed by atoms with Gasteiger partial charge in [0.25, 0.3) is 5.91 Å². The Bertz CT molecular complexity index is 549.